The summed E-state index contributed by atoms with van der Waals surface area (Å²) >= 11 is 3.38. The number of nitrogens with zero attached hydrogens (tertiary/aromatic N) is 1. The molecule has 1 fully saturated rings. The molecule has 1 N–H and O–H groups in total. The Hall–Kier alpha value is -2.64. The lowest BCUT2D eigenvalue weighted by molar-refractivity contribution is -0.127. The minimum absolute atomic E-state index is 0.322. The maximum absolute atomic E-state index is 12.9. The summed E-state index contributed by atoms with van der Waals surface area (Å²) in [5.41, 5.74) is 4.82. The highest BCUT2D eigenvalue weighted by Crippen LogP contribution is 2.36. The van der Waals surface area contributed by atoms with Crippen LogP contribution in [0.25, 0.3) is 5.70 Å². The number of carbonyl (C=O) groups is 2. The van der Waals surface area contributed by atoms with Gasteiger partial charge in [0.1, 0.15) is 5.75 Å². The lowest BCUT2D eigenvalue weighted by atomic mass is 10.1. The molecule has 0 unspecified atom stereocenters. The number of hydrogen-bond acceptors (Lipinski definition) is 5. The van der Waals surface area contributed by atoms with Gasteiger partial charge in [-0.1, -0.05) is 28.1 Å². The predicted octanol–water partition coefficient (Wildman–Crippen LogP) is 2.65. The minimum Gasteiger partial charge on any atom is -0.497 e. The first-order valence-corrected chi connectivity index (χ1v) is 8.33. The number of hydroxylamine groups is 1. The number of carbonyl (C=O) groups excluding carboxylic acids is 2. The van der Waals surface area contributed by atoms with E-state index in [0.29, 0.717) is 22.7 Å². The van der Waals surface area contributed by atoms with Crippen molar-refractivity contribution >= 4 is 39.1 Å². The maximum Gasteiger partial charge on any atom is 0.270 e. The number of nitrogens with one attached hydrogen (secondary N) is 1. The van der Waals surface area contributed by atoms with Crippen molar-refractivity contribution in [3.8, 4) is 5.75 Å². The first-order chi connectivity index (χ1) is 12.1. The van der Waals surface area contributed by atoms with E-state index < -0.39 is 12.0 Å². The number of halogens is 1. The number of fused-ring (bicyclic) bond motifs is 1. The largest absolute Gasteiger partial charge is 0.497 e. The summed E-state index contributed by atoms with van der Waals surface area (Å²) in [5, 5.41) is 0. The van der Waals surface area contributed by atoms with Crippen molar-refractivity contribution in [3.63, 3.8) is 0 Å². The smallest absolute Gasteiger partial charge is 0.270 e. The Bertz CT molecular complexity index is 890. The van der Waals surface area contributed by atoms with Gasteiger partial charge in [-0.25, -0.2) is 4.90 Å². The van der Waals surface area contributed by atoms with Crippen molar-refractivity contribution in [3.05, 3.63) is 64.1 Å². The standard InChI is InChI=1S/C18H13BrN2O4/c1-24-13-8-6-12(7-9-13)21-17(22)14-15(20-25-16(14)18(21)23)10-2-4-11(19)5-3-10/h2-9,16,20H,1H3/t16-/m1/s1. The molecule has 2 aromatic carbocycles. The van der Waals surface area contributed by atoms with Crippen LogP contribution in [0.3, 0.4) is 0 Å². The van der Waals surface area contributed by atoms with Gasteiger partial charge in [0.15, 0.2) is 6.10 Å². The summed E-state index contributed by atoms with van der Waals surface area (Å²) in [6, 6.07) is 14.2. The molecule has 2 amide bonds. The van der Waals surface area contributed by atoms with Crippen molar-refractivity contribution in [1.29, 1.82) is 0 Å². The second-order valence-electron chi connectivity index (χ2n) is 5.57. The summed E-state index contributed by atoms with van der Waals surface area (Å²) in [6.07, 6.45) is -0.937. The van der Waals surface area contributed by atoms with Crippen molar-refractivity contribution in [2.45, 2.75) is 6.10 Å². The Balaban J connectivity index is 1.74. The minimum atomic E-state index is -0.937. The molecule has 0 saturated carbocycles. The van der Waals surface area contributed by atoms with Gasteiger partial charge >= 0.3 is 0 Å². The summed E-state index contributed by atoms with van der Waals surface area (Å²) in [7, 11) is 1.56. The highest BCUT2D eigenvalue weighted by atomic mass is 79.9. The van der Waals surface area contributed by atoms with Crippen LogP contribution in [-0.2, 0) is 14.4 Å². The average molecular weight is 401 g/mol. The van der Waals surface area contributed by atoms with Crippen LogP contribution < -0.4 is 15.1 Å². The third kappa shape index (κ3) is 2.52. The van der Waals surface area contributed by atoms with Crippen LogP contribution in [0.4, 0.5) is 5.69 Å². The monoisotopic (exact) mass is 400 g/mol. The summed E-state index contributed by atoms with van der Waals surface area (Å²) < 4.78 is 6.03. The molecule has 2 aromatic rings. The quantitative estimate of drug-likeness (QED) is 0.802. The van der Waals surface area contributed by atoms with Gasteiger partial charge in [-0.15, -0.1) is 0 Å². The molecule has 0 aliphatic carbocycles. The molecule has 4 rings (SSSR count). The van der Waals surface area contributed by atoms with Gasteiger partial charge in [-0.3, -0.25) is 19.9 Å². The molecule has 2 aliphatic heterocycles. The highest BCUT2D eigenvalue weighted by Gasteiger charge is 2.50. The van der Waals surface area contributed by atoms with Crippen LogP contribution in [0.5, 0.6) is 5.75 Å². The zero-order valence-corrected chi connectivity index (χ0v) is 14.7. The van der Waals surface area contributed by atoms with E-state index in [9.17, 15) is 9.59 Å². The number of imide groups is 1. The Kier molecular flexibility index (Phi) is 3.82. The van der Waals surface area contributed by atoms with Crippen molar-refractivity contribution in [2.75, 3.05) is 12.0 Å². The predicted molar refractivity (Wildman–Crippen MR) is 94.6 cm³/mol. The van der Waals surface area contributed by atoms with Gasteiger partial charge in [0.25, 0.3) is 11.8 Å². The normalized spacial score (nSPS) is 19.3. The number of hydrogen-bond donors (Lipinski definition) is 1. The Morgan fingerprint density at radius 1 is 1.08 bits per heavy atom. The van der Waals surface area contributed by atoms with Crippen LogP contribution in [0, 0.1) is 0 Å². The fourth-order valence-electron chi connectivity index (χ4n) is 2.90. The number of ether oxygens (including phenoxy) is 1. The van der Waals surface area contributed by atoms with Crippen LogP contribution in [0.1, 0.15) is 5.56 Å². The number of anilines is 1. The van der Waals surface area contributed by atoms with Crippen LogP contribution in [0.2, 0.25) is 0 Å². The van der Waals surface area contributed by atoms with Crippen LogP contribution in [-0.4, -0.2) is 25.0 Å². The topological polar surface area (TPSA) is 67.9 Å². The average Bonchev–Trinajstić information content (AvgIpc) is 3.17. The molecule has 0 bridgehead atoms. The summed E-state index contributed by atoms with van der Waals surface area (Å²) in [5.74, 6) is -0.149. The molecule has 2 aliphatic rings. The molecule has 6 nitrogen and oxygen atoms in total. The van der Waals surface area contributed by atoms with Crippen molar-refractivity contribution in [1.82, 2.24) is 5.48 Å². The van der Waals surface area contributed by atoms with E-state index in [1.165, 1.54) is 0 Å². The summed E-state index contributed by atoms with van der Waals surface area (Å²) in [4.78, 5) is 32.1. The van der Waals surface area contributed by atoms with Crippen molar-refractivity contribution in [2.24, 2.45) is 0 Å². The van der Waals surface area contributed by atoms with Crippen molar-refractivity contribution < 1.29 is 19.2 Å². The van der Waals surface area contributed by atoms with E-state index in [-0.39, 0.29) is 5.91 Å². The zero-order valence-electron chi connectivity index (χ0n) is 13.2. The summed E-state index contributed by atoms with van der Waals surface area (Å²) in [6.45, 7) is 0. The van der Waals surface area contributed by atoms with Gasteiger partial charge in [0, 0.05) is 10.0 Å². The van der Waals surface area contributed by atoms with E-state index in [1.807, 2.05) is 24.3 Å². The van der Waals surface area contributed by atoms with E-state index in [4.69, 9.17) is 9.57 Å². The number of methoxy groups -OCH3 is 1. The Labute approximate surface area is 152 Å². The number of benzene rings is 2. The van der Waals surface area contributed by atoms with Gasteiger partial charge in [-0.2, -0.15) is 0 Å². The lowest BCUT2D eigenvalue weighted by Crippen LogP contribution is -2.34. The second-order valence-corrected chi connectivity index (χ2v) is 6.49. The van der Waals surface area contributed by atoms with Gasteiger partial charge in [0.05, 0.1) is 24.1 Å². The molecule has 2 heterocycles. The maximum atomic E-state index is 12.9. The third-order valence-electron chi connectivity index (χ3n) is 4.15. The van der Waals surface area contributed by atoms with E-state index in [2.05, 4.69) is 21.4 Å². The molecule has 7 heteroatoms. The number of amides is 2. The second kappa shape index (κ2) is 6.02. The molecule has 0 radical (unpaired) electrons. The number of rotatable bonds is 3. The van der Waals surface area contributed by atoms with Gasteiger partial charge in [-0.05, 0) is 36.4 Å². The Morgan fingerprint density at radius 2 is 1.76 bits per heavy atom. The molecule has 1 saturated heterocycles. The first-order valence-electron chi connectivity index (χ1n) is 7.54. The van der Waals surface area contributed by atoms with E-state index in [0.717, 1.165) is 14.9 Å². The first kappa shape index (κ1) is 15.9. The SMILES string of the molecule is COc1ccc(N2C(=O)C3=C(c4ccc(Br)cc4)NO[C@H]3C2=O)cc1. The fourth-order valence-corrected chi connectivity index (χ4v) is 3.16. The molecule has 126 valence electrons. The van der Waals surface area contributed by atoms with E-state index in [1.54, 1.807) is 31.4 Å². The fraction of sp³-hybridized carbons (Fsp3) is 0.111. The molecular formula is C18H13BrN2O4. The van der Waals surface area contributed by atoms with Crippen LogP contribution in [0.15, 0.2) is 58.6 Å². The molecule has 0 spiro atoms. The zero-order chi connectivity index (χ0) is 17.6. The molecule has 25 heavy (non-hydrogen) atoms. The Morgan fingerprint density at radius 3 is 2.40 bits per heavy atom. The molecular weight excluding hydrogens is 388 g/mol. The molecule has 1 atom stereocenters. The van der Waals surface area contributed by atoms with Gasteiger partial charge in [0.2, 0.25) is 0 Å². The van der Waals surface area contributed by atoms with Crippen LogP contribution >= 0.6 is 15.9 Å². The lowest BCUT2D eigenvalue weighted by Gasteiger charge is -2.16. The van der Waals surface area contributed by atoms with Gasteiger partial charge < -0.3 is 4.74 Å². The highest BCUT2D eigenvalue weighted by molar-refractivity contribution is 9.10. The molecule has 0 aromatic heterocycles. The third-order valence-corrected chi connectivity index (χ3v) is 4.68. The van der Waals surface area contributed by atoms with E-state index >= 15 is 0 Å².